The summed E-state index contributed by atoms with van der Waals surface area (Å²) in [5, 5.41) is 3.06. The van der Waals surface area contributed by atoms with E-state index in [1.165, 1.54) is 16.4 Å². The highest BCUT2D eigenvalue weighted by molar-refractivity contribution is 7.89. The molecule has 0 aromatic heterocycles. The van der Waals surface area contributed by atoms with E-state index in [1.807, 2.05) is 37.3 Å². The fourth-order valence-electron chi connectivity index (χ4n) is 3.72. The van der Waals surface area contributed by atoms with Gasteiger partial charge in [-0.05, 0) is 42.5 Å². The Labute approximate surface area is 172 Å². The van der Waals surface area contributed by atoms with Crippen LogP contribution in [0.3, 0.4) is 0 Å². The van der Waals surface area contributed by atoms with Gasteiger partial charge >= 0.3 is 0 Å². The highest BCUT2D eigenvalue weighted by Gasteiger charge is 2.33. The zero-order chi connectivity index (χ0) is 20.9. The number of nitrogens with zero attached hydrogens (tertiary/aromatic N) is 1. The summed E-state index contributed by atoms with van der Waals surface area (Å²) in [4.78, 5) is 13.0. The molecule has 0 spiro atoms. The van der Waals surface area contributed by atoms with Gasteiger partial charge in [-0.2, -0.15) is 0 Å². The molecule has 1 amide bonds. The van der Waals surface area contributed by atoms with Crippen molar-refractivity contribution in [3.05, 3.63) is 71.5 Å². The molecule has 0 bridgehead atoms. The molecule has 1 heterocycles. The first kappa shape index (κ1) is 21.5. The lowest BCUT2D eigenvalue weighted by molar-refractivity contribution is -0.126. The lowest BCUT2D eigenvalue weighted by atomic mass is 9.95. The number of benzene rings is 2. The van der Waals surface area contributed by atoms with Crippen molar-refractivity contribution in [2.45, 2.75) is 32.2 Å². The average Bonchev–Trinajstić information content (AvgIpc) is 2.73. The minimum Gasteiger partial charge on any atom is -0.345 e. The van der Waals surface area contributed by atoms with Gasteiger partial charge in [-0.15, -0.1) is 0 Å². The summed E-state index contributed by atoms with van der Waals surface area (Å²) >= 11 is 0. The standard InChI is InChI=1S/C22H27FN2O3S/c1-2-15-29(27,28)25-14-6-9-19(16-25)22(26)24-21(17-7-4-3-5-8-17)18-10-12-20(23)13-11-18/h3-5,7-8,10-13,19,21H,2,6,9,14-16H2,1H3,(H,24,26)/t19-,21-/m0/s1. The molecule has 2 aromatic carbocycles. The number of amides is 1. The van der Waals surface area contributed by atoms with Crippen molar-refractivity contribution in [2.75, 3.05) is 18.8 Å². The van der Waals surface area contributed by atoms with Crippen molar-refractivity contribution in [3.8, 4) is 0 Å². The number of halogens is 1. The van der Waals surface area contributed by atoms with E-state index in [0.717, 1.165) is 11.1 Å². The molecule has 1 saturated heterocycles. The van der Waals surface area contributed by atoms with Crippen LogP contribution in [0, 0.1) is 11.7 Å². The minimum atomic E-state index is -3.33. The molecule has 1 aliphatic rings. The molecule has 0 aliphatic carbocycles. The van der Waals surface area contributed by atoms with Crippen molar-refractivity contribution in [1.82, 2.24) is 9.62 Å². The number of rotatable bonds is 7. The second kappa shape index (κ2) is 9.50. The van der Waals surface area contributed by atoms with Crippen molar-refractivity contribution < 1.29 is 17.6 Å². The molecule has 1 fully saturated rings. The van der Waals surface area contributed by atoms with Gasteiger partial charge in [0.1, 0.15) is 5.82 Å². The molecule has 29 heavy (non-hydrogen) atoms. The molecular formula is C22H27FN2O3S. The summed E-state index contributed by atoms with van der Waals surface area (Å²) in [6.45, 7) is 2.50. The van der Waals surface area contributed by atoms with Crippen LogP contribution < -0.4 is 5.32 Å². The summed E-state index contributed by atoms with van der Waals surface area (Å²) in [6, 6.07) is 15.1. The highest BCUT2D eigenvalue weighted by atomic mass is 32.2. The number of hydrogen-bond acceptors (Lipinski definition) is 3. The van der Waals surface area contributed by atoms with Gasteiger partial charge in [-0.1, -0.05) is 49.4 Å². The molecule has 3 rings (SSSR count). The SMILES string of the molecule is CCCS(=O)(=O)N1CCC[C@H](C(=O)N[C@@H](c2ccccc2)c2ccc(F)cc2)C1. The van der Waals surface area contributed by atoms with Gasteiger partial charge in [0.05, 0.1) is 17.7 Å². The van der Waals surface area contributed by atoms with Crippen LogP contribution in [0.25, 0.3) is 0 Å². The minimum absolute atomic E-state index is 0.101. The van der Waals surface area contributed by atoms with E-state index >= 15 is 0 Å². The topological polar surface area (TPSA) is 66.5 Å². The first-order valence-electron chi connectivity index (χ1n) is 9.99. The summed E-state index contributed by atoms with van der Waals surface area (Å²) in [6.07, 6.45) is 1.86. The fraction of sp³-hybridized carbons (Fsp3) is 0.409. The lowest BCUT2D eigenvalue weighted by Gasteiger charge is -2.32. The van der Waals surface area contributed by atoms with Crippen LogP contribution in [0.15, 0.2) is 54.6 Å². The molecular weight excluding hydrogens is 391 g/mol. The number of hydrogen-bond donors (Lipinski definition) is 1. The van der Waals surface area contributed by atoms with Crippen molar-refractivity contribution in [2.24, 2.45) is 5.92 Å². The summed E-state index contributed by atoms with van der Waals surface area (Å²) < 4.78 is 39.6. The zero-order valence-corrected chi connectivity index (χ0v) is 17.4. The number of carbonyl (C=O) groups is 1. The maximum Gasteiger partial charge on any atom is 0.225 e. The largest absolute Gasteiger partial charge is 0.345 e. The Kier molecular flexibility index (Phi) is 7.03. The van der Waals surface area contributed by atoms with Gasteiger partial charge in [0.2, 0.25) is 15.9 Å². The van der Waals surface area contributed by atoms with Gasteiger partial charge in [-0.3, -0.25) is 4.79 Å². The van der Waals surface area contributed by atoms with E-state index in [1.54, 1.807) is 12.1 Å². The van der Waals surface area contributed by atoms with Crippen LogP contribution in [-0.4, -0.2) is 37.5 Å². The van der Waals surface area contributed by atoms with Gasteiger partial charge in [0, 0.05) is 13.1 Å². The number of piperidine rings is 1. The molecule has 2 atom stereocenters. The van der Waals surface area contributed by atoms with Crippen LogP contribution >= 0.6 is 0 Å². The Morgan fingerprint density at radius 3 is 2.45 bits per heavy atom. The maximum absolute atomic E-state index is 13.4. The van der Waals surface area contributed by atoms with E-state index in [0.29, 0.717) is 25.8 Å². The molecule has 1 aliphatic heterocycles. The van der Waals surface area contributed by atoms with Crippen LogP contribution in [-0.2, 0) is 14.8 Å². The van der Waals surface area contributed by atoms with Crippen LogP contribution in [0.1, 0.15) is 43.4 Å². The predicted molar refractivity (Wildman–Crippen MR) is 111 cm³/mol. The van der Waals surface area contributed by atoms with Gasteiger partial charge in [0.25, 0.3) is 0 Å². The molecule has 7 heteroatoms. The van der Waals surface area contributed by atoms with E-state index in [4.69, 9.17) is 0 Å². The van der Waals surface area contributed by atoms with Crippen molar-refractivity contribution in [3.63, 3.8) is 0 Å². The van der Waals surface area contributed by atoms with Crippen molar-refractivity contribution >= 4 is 15.9 Å². The Morgan fingerprint density at radius 1 is 1.14 bits per heavy atom. The van der Waals surface area contributed by atoms with Crippen LogP contribution in [0.5, 0.6) is 0 Å². The fourth-order valence-corrected chi connectivity index (χ4v) is 5.30. The number of carbonyl (C=O) groups excluding carboxylic acids is 1. The van der Waals surface area contributed by atoms with Crippen molar-refractivity contribution in [1.29, 1.82) is 0 Å². The van der Waals surface area contributed by atoms with E-state index in [9.17, 15) is 17.6 Å². The maximum atomic E-state index is 13.4. The Hall–Kier alpha value is -2.25. The third-order valence-corrected chi connectivity index (χ3v) is 7.28. The lowest BCUT2D eigenvalue weighted by Crippen LogP contribution is -2.46. The number of nitrogens with one attached hydrogen (secondary N) is 1. The second-order valence-corrected chi connectivity index (χ2v) is 9.51. The normalized spacial score (nSPS) is 18.9. The van der Waals surface area contributed by atoms with Crippen LogP contribution in [0.2, 0.25) is 0 Å². The summed E-state index contributed by atoms with van der Waals surface area (Å²) in [7, 11) is -3.33. The number of sulfonamides is 1. The molecule has 0 radical (unpaired) electrons. The van der Waals surface area contributed by atoms with Crippen LogP contribution in [0.4, 0.5) is 4.39 Å². The van der Waals surface area contributed by atoms with Gasteiger partial charge < -0.3 is 5.32 Å². The van der Waals surface area contributed by atoms with Gasteiger partial charge in [-0.25, -0.2) is 17.1 Å². The molecule has 5 nitrogen and oxygen atoms in total. The predicted octanol–water partition coefficient (Wildman–Crippen LogP) is 3.48. The Balaban J connectivity index is 1.78. The van der Waals surface area contributed by atoms with Gasteiger partial charge in [0.15, 0.2) is 0 Å². The zero-order valence-electron chi connectivity index (χ0n) is 16.6. The van der Waals surface area contributed by atoms with E-state index < -0.39 is 22.0 Å². The Morgan fingerprint density at radius 2 is 1.79 bits per heavy atom. The molecule has 1 N–H and O–H groups in total. The third kappa shape index (κ3) is 5.42. The molecule has 0 unspecified atom stereocenters. The summed E-state index contributed by atoms with van der Waals surface area (Å²) in [5.74, 6) is -0.818. The van der Waals surface area contributed by atoms with E-state index in [2.05, 4.69) is 5.32 Å². The first-order valence-corrected chi connectivity index (χ1v) is 11.6. The highest BCUT2D eigenvalue weighted by Crippen LogP contribution is 2.25. The third-order valence-electron chi connectivity index (χ3n) is 5.23. The molecule has 156 valence electrons. The second-order valence-electron chi connectivity index (χ2n) is 7.42. The monoisotopic (exact) mass is 418 g/mol. The quantitative estimate of drug-likeness (QED) is 0.749. The first-order chi connectivity index (χ1) is 13.9. The Bertz CT molecular complexity index is 917. The molecule has 2 aromatic rings. The summed E-state index contributed by atoms with van der Waals surface area (Å²) in [5.41, 5.74) is 1.66. The molecule has 0 saturated carbocycles. The average molecular weight is 419 g/mol. The van der Waals surface area contributed by atoms with E-state index in [-0.39, 0.29) is 24.0 Å². The smallest absolute Gasteiger partial charge is 0.225 e.